The molecule has 0 aromatic heterocycles. The zero-order valence-electron chi connectivity index (χ0n) is 10.2. The normalized spacial score (nSPS) is 27.4. The molecule has 88 valence electrons. The molecule has 0 spiro atoms. The van der Waals surface area contributed by atoms with Gasteiger partial charge in [-0.1, -0.05) is 43.7 Å². The summed E-state index contributed by atoms with van der Waals surface area (Å²) >= 11 is 0. The molecule has 0 aliphatic heterocycles. The Morgan fingerprint density at radius 1 is 1.38 bits per heavy atom. The lowest BCUT2D eigenvalue weighted by atomic mass is 9.93. The highest BCUT2D eigenvalue weighted by Gasteiger charge is 2.36. The monoisotopic (exact) mass is 218 g/mol. The fraction of sp³-hybridized carbons (Fsp3) is 0.571. The molecule has 0 amide bonds. The van der Waals surface area contributed by atoms with Gasteiger partial charge in [0.25, 0.3) is 0 Å². The van der Waals surface area contributed by atoms with Crippen LogP contribution in [0.1, 0.15) is 32.3 Å². The van der Waals surface area contributed by atoms with E-state index in [0.29, 0.717) is 6.04 Å². The first-order chi connectivity index (χ1) is 7.63. The highest BCUT2D eigenvalue weighted by Crippen LogP contribution is 2.33. The van der Waals surface area contributed by atoms with Crippen LogP contribution in [0.15, 0.2) is 30.3 Å². The Labute approximate surface area is 98.2 Å². The van der Waals surface area contributed by atoms with Crippen molar-refractivity contribution in [3.05, 3.63) is 35.9 Å². The SMILES string of the molecule is CCC1CC1NCC(C)(N)c1ccccc1. The van der Waals surface area contributed by atoms with Gasteiger partial charge in [0.05, 0.1) is 5.54 Å². The van der Waals surface area contributed by atoms with Gasteiger partial charge in [-0.3, -0.25) is 0 Å². The molecular formula is C14H22N2. The molecule has 0 bridgehead atoms. The van der Waals surface area contributed by atoms with Crippen molar-refractivity contribution in [2.75, 3.05) is 6.54 Å². The number of benzene rings is 1. The second-order valence-electron chi connectivity index (χ2n) is 5.17. The van der Waals surface area contributed by atoms with Gasteiger partial charge >= 0.3 is 0 Å². The molecule has 3 atom stereocenters. The average molecular weight is 218 g/mol. The molecule has 1 fully saturated rings. The molecule has 0 saturated heterocycles. The van der Waals surface area contributed by atoms with Gasteiger partial charge in [0.2, 0.25) is 0 Å². The number of nitrogens with two attached hydrogens (primary N) is 1. The summed E-state index contributed by atoms with van der Waals surface area (Å²) in [5.74, 6) is 0.881. The van der Waals surface area contributed by atoms with E-state index in [-0.39, 0.29) is 5.54 Å². The quantitative estimate of drug-likeness (QED) is 0.795. The van der Waals surface area contributed by atoms with E-state index in [9.17, 15) is 0 Å². The first kappa shape index (κ1) is 11.6. The van der Waals surface area contributed by atoms with Crippen molar-refractivity contribution >= 4 is 0 Å². The summed E-state index contributed by atoms with van der Waals surface area (Å²) in [6, 6.07) is 11.0. The largest absolute Gasteiger partial charge is 0.321 e. The summed E-state index contributed by atoms with van der Waals surface area (Å²) in [6.07, 6.45) is 2.60. The van der Waals surface area contributed by atoms with Crippen LogP contribution in [0.4, 0.5) is 0 Å². The minimum atomic E-state index is -0.262. The van der Waals surface area contributed by atoms with E-state index in [4.69, 9.17) is 5.73 Å². The third-order valence-electron chi connectivity index (χ3n) is 3.61. The van der Waals surface area contributed by atoms with E-state index >= 15 is 0 Å². The first-order valence-electron chi connectivity index (χ1n) is 6.21. The van der Waals surface area contributed by atoms with Crippen LogP contribution in [0.2, 0.25) is 0 Å². The Hall–Kier alpha value is -0.860. The van der Waals surface area contributed by atoms with Gasteiger partial charge in [0.15, 0.2) is 0 Å². The second-order valence-corrected chi connectivity index (χ2v) is 5.17. The maximum absolute atomic E-state index is 6.34. The Morgan fingerprint density at radius 2 is 2.06 bits per heavy atom. The van der Waals surface area contributed by atoms with Crippen molar-refractivity contribution in [1.29, 1.82) is 0 Å². The first-order valence-corrected chi connectivity index (χ1v) is 6.21. The topological polar surface area (TPSA) is 38.0 Å². The fourth-order valence-corrected chi connectivity index (χ4v) is 2.21. The van der Waals surface area contributed by atoms with Gasteiger partial charge in [0.1, 0.15) is 0 Å². The standard InChI is InChI=1S/C14H22N2/c1-3-11-9-13(11)16-10-14(2,15)12-7-5-4-6-8-12/h4-8,11,13,16H,3,9-10,15H2,1-2H3. The maximum atomic E-state index is 6.34. The van der Waals surface area contributed by atoms with Crippen LogP contribution < -0.4 is 11.1 Å². The highest BCUT2D eigenvalue weighted by molar-refractivity contribution is 5.23. The van der Waals surface area contributed by atoms with Gasteiger partial charge in [0, 0.05) is 12.6 Å². The van der Waals surface area contributed by atoms with Crippen LogP contribution >= 0.6 is 0 Å². The third kappa shape index (κ3) is 2.63. The number of rotatable bonds is 5. The molecule has 3 N–H and O–H groups in total. The zero-order valence-corrected chi connectivity index (χ0v) is 10.2. The van der Waals surface area contributed by atoms with Crippen LogP contribution in [-0.2, 0) is 5.54 Å². The van der Waals surface area contributed by atoms with Gasteiger partial charge in [-0.25, -0.2) is 0 Å². The van der Waals surface area contributed by atoms with Crippen molar-refractivity contribution in [2.45, 2.75) is 38.3 Å². The van der Waals surface area contributed by atoms with Gasteiger partial charge < -0.3 is 11.1 Å². The predicted molar refractivity (Wildman–Crippen MR) is 68.2 cm³/mol. The number of hydrogen-bond donors (Lipinski definition) is 2. The van der Waals surface area contributed by atoms with E-state index in [1.165, 1.54) is 18.4 Å². The molecule has 2 heteroatoms. The minimum absolute atomic E-state index is 0.262. The van der Waals surface area contributed by atoms with E-state index in [2.05, 4.69) is 31.3 Å². The Bertz CT molecular complexity index is 332. The number of hydrogen-bond acceptors (Lipinski definition) is 2. The lowest BCUT2D eigenvalue weighted by molar-refractivity contribution is 0.436. The summed E-state index contributed by atoms with van der Waals surface area (Å²) in [5, 5.41) is 3.57. The Morgan fingerprint density at radius 3 is 2.62 bits per heavy atom. The van der Waals surface area contributed by atoms with Crippen LogP contribution in [-0.4, -0.2) is 12.6 Å². The molecule has 1 aliphatic rings. The second kappa shape index (κ2) is 4.56. The van der Waals surface area contributed by atoms with Crippen molar-refractivity contribution in [3.8, 4) is 0 Å². The minimum Gasteiger partial charge on any atom is -0.321 e. The van der Waals surface area contributed by atoms with E-state index < -0.39 is 0 Å². The summed E-state index contributed by atoms with van der Waals surface area (Å²) < 4.78 is 0. The van der Waals surface area contributed by atoms with Crippen molar-refractivity contribution in [3.63, 3.8) is 0 Å². The maximum Gasteiger partial charge on any atom is 0.0507 e. The summed E-state index contributed by atoms with van der Waals surface area (Å²) in [4.78, 5) is 0. The number of nitrogens with one attached hydrogen (secondary N) is 1. The van der Waals surface area contributed by atoms with Gasteiger partial charge in [-0.2, -0.15) is 0 Å². The molecule has 16 heavy (non-hydrogen) atoms. The van der Waals surface area contributed by atoms with Crippen molar-refractivity contribution < 1.29 is 0 Å². The van der Waals surface area contributed by atoms with Crippen LogP contribution in [0.25, 0.3) is 0 Å². The summed E-state index contributed by atoms with van der Waals surface area (Å²) in [7, 11) is 0. The fourth-order valence-electron chi connectivity index (χ4n) is 2.21. The smallest absolute Gasteiger partial charge is 0.0507 e. The molecule has 2 nitrogen and oxygen atoms in total. The zero-order chi connectivity index (χ0) is 11.6. The van der Waals surface area contributed by atoms with Crippen molar-refractivity contribution in [2.24, 2.45) is 11.7 Å². The van der Waals surface area contributed by atoms with E-state index in [1.54, 1.807) is 0 Å². The van der Waals surface area contributed by atoms with E-state index in [0.717, 1.165) is 12.5 Å². The molecule has 1 saturated carbocycles. The van der Waals surface area contributed by atoms with Crippen molar-refractivity contribution in [1.82, 2.24) is 5.32 Å². The molecule has 1 aromatic rings. The molecule has 1 aromatic carbocycles. The van der Waals surface area contributed by atoms with Gasteiger partial charge in [-0.05, 0) is 24.8 Å². The lowest BCUT2D eigenvalue weighted by Gasteiger charge is -2.25. The van der Waals surface area contributed by atoms with Crippen LogP contribution in [0, 0.1) is 5.92 Å². The molecule has 2 rings (SSSR count). The average Bonchev–Trinajstić information content (AvgIpc) is 3.06. The highest BCUT2D eigenvalue weighted by atomic mass is 15.0. The molecule has 0 radical (unpaired) electrons. The third-order valence-corrected chi connectivity index (χ3v) is 3.61. The van der Waals surface area contributed by atoms with Crippen LogP contribution in [0.3, 0.4) is 0 Å². The summed E-state index contributed by atoms with van der Waals surface area (Å²) in [6.45, 7) is 5.21. The Balaban J connectivity index is 1.88. The Kier molecular flexibility index (Phi) is 3.31. The van der Waals surface area contributed by atoms with E-state index in [1.807, 2.05) is 18.2 Å². The van der Waals surface area contributed by atoms with Gasteiger partial charge in [-0.15, -0.1) is 0 Å². The molecule has 1 aliphatic carbocycles. The summed E-state index contributed by atoms with van der Waals surface area (Å²) in [5.41, 5.74) is 7.28. The molecule has 3 unspecified atom stereocenters. The van der Waals surface area contributed by atoms with Crippen LogP contribution in [0.5, 0.6) is 0 Å². The molecule has 0 heterocycles. The molecular weight excluding hydrogens is 196 g/mol. The lowest BCUT2D eigenvalue weighted by Crippen LogP contribution is -2.44. The predicted octanol–water partition coefficient (Wildman–Crippen LogP) is 2.25.